The molecule has 0 aliphatic heterocycles. The highest BCUT2D eigenvalue weighted by atomic mass is 16.5. The zero-order valence-electron chi connectivity index (χ0n) is 13.2. The molecule has 0 bridgehead atoms. The molecule has 1 saturated carbocycles. The lowest BCUT2D eigenvalue weighted by Crippen LogP contribution is -2.25. The van der Waals surface area contributed by atoms with Crippen LogP contribution in [-0.2, 0) is 19.1 Å². The number of hydrogen-bond donors (Lipinski definition) is 1. The van der Waals surface area contributed by atoms with Crippen LogP contribution in [0.25, 0.3) is 0 Å². The van der Waals surface area contributed by atoms with E-state index in [4.69, 9.17) is 4.74 Å². The number of esters is 2. The van der Waals surface area contributed by atoms with Gasteiger partial charge in [-0.1, -0.05) is 19.3 Å². The van der Waals surface area contributed by atoms with E-state index in [0.29, 0.717) is 6.42 Å². The Morgan fingerprint density at radius 2 is 1.86 bits per heavy atom. The summed E-state index contributed by atoms with van der Waals surface area (Å²) >= 11 is 0. The number of rotatable bonds is 9. The van der Waals surface area contributed by atoms with Gasteiger partial charge < -0.3 is 14.6 Å². The third kappa shape index (κ3) is 6.46. The normalized spacial score (nSPS) is 24.8. The Morgan fingerprint density at radius 3 is 2.48 bits per heavy atom. The Morgan fingerprint density at radius 1 is 1.14 bits per heavy atom. The minimum atomic E-state index is -0.235. The molecule has 0 aromatic rings. The van der Waals surface area contributed by atoms with Gasteiger partial charge in [-0.15, -0.1) is 0 Å². The topological polar surface area (TPSA) is 72.8 Å². The van der Waals surface area contributed by atoms with Crippen molar-refractivity contribution in [2.24, 2.45) is 11.8 Å². The molecule has 0 aromatic heterocycles. The third-order valence-corrected chi connectivity index (χ3v) is 4.35. The maximum absolute atomic E-state index is 11.1. The van der Waals surface area contributed by atoms with Gasteiger partial charge in [-0.3, -0.25) is 9.59 Å². The first-order valence-corrected chi connectivity index (χ1v) is 7.93. The van der Waals surface area contributed by atoms with Crippen molar-refractivity contribution in [3.05, 3.63) is 0 Å². The second-order valence-electron chi connectivity index (χ2n) is 5.86. The smallest absolute Gasteiger partial charge is 0.305 e. The summed E-state index contributed by atoms with van der Waals surface area (Å²) in [4.78, 5) is 22.1. The average molecular weight is 300 g/mol. The fraction of sp³-hybridized carbons (Fsp3) is 0.875. The minimum absolute atomic E-state index is 0.0327. The van der Waals surface area contributed by atoms with Crippen LogP contribution in [0.15, 0.2) is 0 Å². The van der Waals surface area contributed by atoms with Gasteiger partial charge in [0.25, 0.3) is 0 Å². The average Bonchev–Trinajstić information content (AvgIpc) is 2.83. The molecule has 0 spiro atoms. The molecule has 0 amide bonds. The van der Waals surface area contributed by atoms with Crippen molar-refractivity contribution in [3.63, 3.8) is 0 Å². The molecular formula is C16H28O5. The van der Waals surface area contributed by atoms with Crippen LogP contribution in [0, 0.1) is 11.8 Å². The highest BCUT2D eigenvalue weighted by Crippen LogP contribution is 2.37. The number of methoxy groups -OCH3 is 1. The van der Waals surface area contributed by atoms with Crippen molar-refractivity contribution in [3.8, 4) is 0 Å². The predicted molar refractivity (Wildman–Crippen MR) is 78.6 cm³/mol. The number of ether oxygens (including phenoxy) is 2. The molecule has 21 heavy (non-hydrogen) atoms. The fourth-order valence-electron chi connectivity index (χ4n) is 3.22. The van der Waals surface area contributed by atoms with Crippen LogP contribution in [0.3, 0.4) is 0 Å². The molecule has 3 atom stereocenters. The summed E-state index contributed by atoms with van der Waals surface area (Å²) in [7, 11) is 1.41. The summed E-state index contributed by atoms with van der Waals surface area (Å²) in [5.74, 6) is 0.145. The molecule has 5 nitrogen and oxygen atoms in total. The maximum atomic E-state index is 11.1. The number of carbonyl (C=O) groups excluding carboxylic acids is 2. The van der Waals surface area contributed by atoms with Gasteiger partial charge in [-0.2, -0.15) is 0 Å². The molecule has 1 aliphatic carbocycles. The lowest BCUT2D eigenvalue weighted by Gasteiger charge is -2.23. The lowest BCUT2D eigenvalue weighted by atomic mass is 9.89. The number of aliphatic hydroxyl groups excluding tert-OH is 1. The van der Waals surface area contributed by atoms with E-state index in [1.165, 1.54) is 14.0 Å². The van der Waals surface area contributed by atoms with Gasteiger partial charge in [0.2, 0.25) is 0 Å². The largest absolute Gasteiger partial charge is 0.469 e. The van der Waals surface area contributed by atoms with Gasteiger partial charge in [0.15, 0.2) is 0 Å². The Balaban J connectivity index is 2.23. The van der Waals surface area contributed by atoms with Crippen LogP contribution in [0.5, 0.6) is 0 Å². The fourth-order valence-corrected chi connectivity index (χ4v) is 3.22. The van der Waals surface area contributed by atoms with Crippen molar-refractivity contribution >= 4 is 11.9 Å². The summed E-state index contributed by atoms with van der Waals surface area (Å²) < 4.78 is 9.97. The van der Waals surface area contributed by atoms with Crippen molar-refractivity contribution < 1.29 is 24.2 Å². The molecule has 1 fully saturated rings. The number of hydrogen-bond acceptors (Lipinski definition) is 5. The second-order valence-corrected chi connectivity index (χ2v) is 5.86. The molecule has 5 heteroatoms. The molecule has 0 saturated heterocycles. The molecule has 1 N–H and O–H groups in total. The summed E-state index contributed by atoms with van der Waals surface area (Å²) in [5.41, 5.74) is 0. The summed E-state index contributed by atoms with van der Waals surface area (Å²) in [5, 5.41) is 9.43. The van der Waals surface area contributed by atoms with Crippen LogP contribution in [-0.4, -0.2) is 36.9 Å². The first-order valence-electron chi connectivity index (χ1n) is 7.93. The first-order chi connectivity index (χ1) is 10.1. The Labute approximate surface area is 127 Å². The molecule has 0 aromatic carbocycles. The maximum Gasteiger partial charge on any atom is 0.305 e. The van der Waals surface area contributed by atoms with Gasteiger partial charge >= 0.3 is 11.9 Å². The van der Waals surface area contributed by atoms with E-state index in [-0.39, 0.29) is 36.5 Å². The van der Waals surface area contributed by atoms with Gasteiger partial charge in [-0.25, -0.2) is 0 Å². The van der Waals surface area contributed by atoms with Gasteiger partial charge in [-0.05, 0) is 31.6 Å². The molecule has 2 unspecified atom stereocenters. The monoisotopic (exact) mass is 300 g/mol. The van der Waals surface area contributed by atoms with Crippen LogP contribution in [0.2, 0.25) is 0 Å². The van der Waals surface area contributed by atoms with Crippen LogP contribution in [0.1, 0.15) is 58.3 Å². The zero-order chi connectivity index (χ0) is 15.7. The Bertz CT molecular complexity index is 329. The first kappa shape index (κ1) is 18.0. The molecule has 0 heterocycles. The number of aliphatic hydroxyl groups is 1. The van der Waals surface area contributed by atoms with E-state index >= 15 is 0 Å². The summed E-state index contributed by atoms with van der Waals surface area (Å²) in [6.45, 7) is 1.61. The quantitative estimate of drug-likeness (QED) is 0.523. The van der Waals surface area contributed by atoms with Crippen molar-refractivity contribution in [2.45, 2.75) is 64.4 Å². The molecule has 1 aliphatic rings. The van der Waals surface area contributed by atoms with Gasteiger partial charge in [0.05, 0.1) is 7.11 Å². The molecular weight excluding hydrogens is 272 g/mol. The summed E-state index contributed by atoms with van der Waals surface area (Å²) in [6.07, 6.45) is 7.17. The SMILES string of the molecule is COC(=O)CCCCCCC1C(OC(C)=O)CC[C@@H]1CO. The summed E-state index contributed by atoms with van der Waals surface area (Å²) in [6, 6.07) is 0. The van der Waals surface area contributed by atoms with E-state index in [9.17, 15) is 14.7 Å². The van der Waals surface area contributed by atoms with Crippen LogP contribution in [0.4, 0.5) is 0 Å². The molecule has 1 rings (SSSR count). The predicted octanol–water partition coefficient (Wildman–Crippen LogP) is 2.45. The Kier molecular flexibility index (Phi) is 8.35. The zero-order valence-corrected chi connectivity index (χ0v) is 13.2. The standard InChI is InChI=1S/C16H28O5/c1-12(18)21-15-10-9-13(11-17)14(15)7-5-3-4-6-8-16(19)20-2/h13-15,17H,3-11H2,1-2H3/t13-,14?,15?/m1/s1. The van der Waals surface area contributed by atoms with E-state index in [1.54, 1.807) is 0 Å². The second kappa shape index (κ2) is 9.77. The van der Waals surface area contributed by atoms with Crippen molar-refractivity contribution in [2.75, 3.05) is 13.7 Å². The Hall–Kier alpha value is -1.10. The number of carbonyl (C=O) groups is 2. The highest BCUT2D eigenvalue weighted by molar-refractivity contribution is 5.69. The van der Waals surface area contributed by atoms with Crippen molar-refractivity contribution in [1.29, 1.82) is 0 Å². The third-order valence-electron chi connectivity index (χ3n) is 4.35. The molecule has 0 radical (unpaired) electrons. The van der Waals surface area contributed by atoms with Gasteiger partial charge in [0.1, 0.15) is 6.10 Å². The highest BCUT2D eigenvalue weighted by Gasteiger charge is 2.37. The van der Waals surface area contributed by atoms with E-state index in [2.05, 4.69) is 4.74 Å². The van der Waals surface area contributed by atoms with Crippen molar-refractivity contribution in [1.82, 2.24) is 0 Å². The van der Waals surface area contributed by atoms with E-state index < -0.39 is 0 Å². The lowest BCUT2D eigenvalue weighted by molar-refractivity contribution is -0.148. The molecule has 122 valence electrons. The van der Waals surface area contributed by atoms with Crippen LogP contribution >= 0.6 is 0 Å². The minimum Gasteiger partial charge on any atom is -0.469 e. The number of unbranched alkanes of at least 4 members (excludes halogenated alkanes) is 3. The van der Waals surface area contributed by atoms with E-state index in [1.807, 2.05) is 0 Å². The van der Waals surface area contributed by atoms with Crippen LogP contribution < -0.4 is 0 Å². The van der Waals surface area contributed by atoms with E-state index in [0.717, 1.165) is 44.9 Å². The van der Waals surface area contributed by atoms with Gasteiger partial charge in [0, 0.05) is 25.9 Å².